The molecule has 0 amide bonds. The highest BCUT2D eigenvalue weighted by molar-refractivity contribution is 5.69. The lowest BCUT2D eigenvalue weighted by Crippen LogP contribution is -2.10. The number of anilines is 1. The molecule has 0 saturated carbocycles. The summed E-state index contributed by atoms with van der Waals surface area (Å²) in [5.41, 5.74) is 2.75. The van der Waals surface area contributed by atoms with Crippen LogP contribution in [0.1, 0.15) is 12.0 Å². The molecule has 7 nitrogen and oxygen atoms in total. The molecule has 2 aromatic heterocycles. The average Bonchev–Trinajstić information content (AvgIpc) is 3.12. The van der Waals surface area contributed by atoms with Crippen LogP contribution in [0.2, 0.25) is 0 Å². The Bertz CT molecular complexity index is 859. The van der Waals surface area contributed by atoms with E-state index in [1.807, 2.05) is 37.3 Å². The van der Waals surface area contributed by atoms with E-state index in [1.165, 1.54) is 7.11 Å². The third-order valence-corrected chi connectivity index (χ3v) is 3.69. The predicted octanol–water partition coefficient (Wildman–Crippen LogP) is 3.08. The molecule has 0 fully saturated rings. The van der Waals surface area contributed by atoms with Gasteiger partial charge in [0.15, 0.2) is 0 Å². The molecule has 128 valence electrons. The first-order valence-corrected chi connectivity index (χ1v) is 7.84. The Morgan fingerprint density at radius 3 is 2.80 bits per heavy atom. The van der Waals surface area contributed by atoms with Crippen molar-refractivity contribution < 1.29 is 14.1 Å². The summed E-state index contributed by atoms with van der Waals surface area (Å²) in [6.45, 7) is 2.46. The monoisotopic (exact) mass is 338 g/mol. The van der Waals surface area contributed by atoms with Gasteiger partial charge in [0.1, 0.15) is 5.82 Å². The number of nitrogens with one attached hydrogen (secondary N) is 1. The molecule has 0 spiro atoms. The lowest BCUT2D eigenvalue weighted by Gasteiger charge is -2.04. The van der Waals surface area contributed by atoms with Crippen molar-refractivity contribution in [1.82, 2.24) is 15.1 Å². The fourth-order valence-electron chi connectivity index (χ4n) is 2.29. The summed E-state index contributed by atoms with van der Waals surface area (Å²) in [6.07, 6.45) is 1.93. The second-order valence-electron chi connectivity index (χ2n) is 5.42. The van der Waals surface area contributed by atoms with Crippen molar-refractivity contribution in [2.24, 2.45) is 0 Å². The van der Waals surface area contributed by atoms with Crippen molar-refractivity contribution in [2.45, 2.75) is 13.3 Å². The molecule has 3 rings (SSSR count). The number of rotatable bonds is 6. The van der Waals surface area contributed by atoms with Gasteiger partial charge >= 0.3 is 5.97 Å². The first kappa shape index (κ1) is 16.6. The Balaban J connectivity index is 1.69. The van der Waals surface area contributed by atoms with Crippen molar-refractivity contribution in [3.63, 3.8) is 0 Å². The molecule has 0 aliphatic rings. The van der Waals surface area contributed by atoms with Crippen LogP contribution in [-0.2, 0) is 9.53 Å². The van der Waals surface area contributed by atoms with Crippen LogP contribution < -0.4 is 5.32 Å². The molecule has 0 atom stereocenters. The summed E-state index contributed by atoms with van der Waals surface area (Å²) in [6, 6.07) is 11.5. The van der Waals surface area contributed by atoms with E-state index in [1.54, 1.807) is 12.3 Å². The number of hydrogen-bond acceptors (Lipinski definition) is 7. The van der Waals surface area contributed by atoms with Crippen molar-refractivity contribution in [3.8, 4) is 22.8 Å². The Morgan fingerprint density at radius 2 is 2.08 bits per heavy atom. The number of methoxy groups -OCH3 is 1. The quantitative estimate of drug-likeness (QED) is 0.691. The van der Waals surface area contributed by atoms with E-state index in [2.05, 4.69) is 25.2 Å². The SMILES string of the molecule is COC(=O)CCNc1ccc(-c2nc(-c3ccccc3C)no2)cn1. The molecule has 7 heteroatoms. The first-order chi connectivity index (χ1) is 12.2. The third-order valence-electron chi connectivity index (χ3n) is 3.69. The highest BCUT2D eigenvalue weighted by atomic mass is 16.5. The summed E-state index contributed by atoms with van der Waals surface area (Å²) in [5, 5.41) is 7.09. The zero-order valence-corrected chi connectivity index (χ0v) is 14.0. The van der Waals surface area contributed by atoms with Crippen molar-refractivity contribution in [3.05, 3.63) is 48.2 Å². The number of aryl methyl sites for hydroxylation is 1. The second kappa shape index (κ2) is 7.57. The molecule has 0 radical (unpaired) electrons. The summed E-state index contributed by atoms with van der Waals surface area (Å²) < 4.78 is 9.93. The van der Waals surface area contributed by atoms with E-state index in [0.717, 1.165) is 16.7 Å². The molecular weight excluding hydrogens is 320 g/mol. The van der Waals surface area contributed by atoms with Crippen LogP contribution in [-0.4, -0.2) is 34.7 Å². The smallest absolute Gasteiger partial charge is 0.307 e. The minimum absolute atomic E-state index is 0.265. The zero-order valence-electron chi connectivity index (χ0n) is 14.0. The lowest BCUT2D eigenvalue weighted by molar-refractivity contribution is -0.140. The minimum Gasteiger partial charge on any atom is -0.469 e. The van der Waals surface area contributed by atoms with Crippen LogP contribution in [0.5, 0.6) is 0 Å². The van der Waals surface area contributed by atoms with Crippen LogP contribution in [0.4, 0.5) is 5.82 Å². The summed E-state index contributed by atoms with van der Waals surface area (Å²) in [5.74, 6) is 1.35. The Morgan fingerprint density at radius 1 is 1.24 bits per heavy atom. The van der Waals surface area contributed by atoms with Crippen LogP contribution >= 0.6 is 0 Å². The number of aromatic nitrogens is 3. The van der Waals surface area contributed by atoms with Gasteiger partial charge in [-0.2, -0.15) is 4.98 Å². The number of ether oxygens (including phenoxy) is 1. The molecule has 0 aliphatic heterocycles. The molecule has 0 saturated heterocycles. The molecule has 0 unspecified atom stereocenters. The van der Waals surface area contributed by atoms with E-state index in [9.17, 15) is 4.79 Å². The fraction of sp³-hybridized carbons (Fsp3) is 0.222. The van der Waals surface area contributed by atoms with Crippen molar-refractivity contribution in [2.75, 3.05) is 19.0 Å². The number of carbonyl (C=O) groups is 1. The molecule has 25 heavy (non-hydrogen) atoms. The second-order valence-corrected chi connectivity index (χ2v) is 5.42. The molecule has 2 heterocycles. The number of hydrogen-bond donors (Lipinski definition) is 1. The standard InChI is InChI=1S/C18H18N4O3/c1-12-5-3-4-6-14(12)17-21-18(25-22-17)13-7-8-15(20-11-13)19-10-9-16(23)24-2/h3-8,11H,9-10H2,1-2H3,(H,19,20). The Hall–Kier alpha value is -3.22. The average molecular weight is 338 g/mol. The maximum absolute atomic E-state index is 11.1. The number of nitrogens with zero attached hydrogens (tertiary/aromatic N) is 3. The van der Waals surface area contributed by atoms with Gasteiger partial charge in [-0.15, -0.1) is 0 Å². The molecule has 1 aromatic carbocycles. The maximum atomic E-state index is 11.1. The Kier molecular flexibility index (Phi) is 5.03. The number of benzene rings is 1. The normalized spacial score (nSPS) is 10.5. The van der Waals surface area contributed by atoms with Crippen LogP contribution in [0.15, 0.2) is 47.1 Å². The summed E-state index contributed by atoms with van der Waals surface area (Å²) in [4.78, 5) is 19.8. The third kappa shape index (κ3) is 4.00. The van der Waals surface area contributed by atoms with E-state index < -0.39 is 0 Å². The summed E-state index contributed by atoms with van der Waals surface area (Å²) >= 11 is 0. The van der Waals surface area contributed by atoms with Gasteiger partial charge in [-0.05, 0) is 24.6 Å². The number of carbonyl (C=O) groups excluding carboxylic acids is 1. The van der Waals surface area contributed by atoms with Gasteiger partial charge in [0.05, 0.1) is 19.1 Å². The minimum atomic E-state index is -0.265. The highest BCUT2D eigenvalue weighted by Gasteiger charge is 2.12. The van der Waals surface area contributed by atoms with Crippen LogP contribution in [0.25, 0.3) is 22.8 Å². The van der Waals surface area contributed by atoms with Gasteiger partial charge in [0.2, 0.25) is 5.82 Å². The molecule has 0 bridgehead atoms. The maximum Gasteiger partial charge on any atom is 0.307 e. The number of esters is 1. The number of pyridine rings is 1. The largest absolute Gasteiger partial charge is 0.469 e. The topological polar surface area (TPSA) is 90.1 Å². The van der Waals surface area contributed by atoms with Gasteiger partial charge < -0.3 is 14.6 Å². The van der Waals surface area contributed by atoms with E-state index in [0.29, 0.717) is 24.1 Å². The molecule has 1 N–H and O–H groups in total. The Labute approximate surface area is 145 Å². The highest BCUT2D eigenvalue weighted by Crippen LogP contribution is 2.24. The van der Waals surface area contributed by atoms with Crippen molar-refractivity contribution >= 4 is 11.8 Å². The van der Waals surface area contributed by atoms with Gasteiger partial charge in [-0.3, -0.25) is 4.79 Å². The molecular formula is C18H18N4O3. The van der Waals surface area contributed by atoms with E-state index in [-0.39, 0.29) is 12.4 Å². The van der Waals surface area contributed by atoms with E-state index >= 15 is 0 Å². The molecule has 0 aliphatic carbocycles. The van der Waals surface area contributed by atoms with Gasteiger partial charge in [-0.1, -0.05) is 29.4 Å². The van der Waals surface area contributed by atoms with Gasteiger partial charge in [-0.25, -0.2) is 4.98 Å². The van der Waals surface area contributed by atoms with Gasteiger partial charge in [0.25, 0.3) is 5.89 Å². The fourth-order valence-corrected chi connectivity index (χ4v) is 2.29. The van der Waals surface area contributed by atoms with E-state index in [4.69, 9.17) is 4.52 Å². The zero-order chi connectivity index (χ0) is 17.6. The van der Waals surface area contributed by atoms with Crippen molar-refractivity contribution in [1.29, 1.82) is 0 Å². The molecule has 3 aromatic rings. The van der Waals surface area contributed by atoms with Crippen LogP contribution in [0, 0.1) is 6.92 Å². The lowest BCUT2D eigenvalue weighted by atomic mass is 10.1. The first-order valence-electron chi connectivity index (χ1n) is 7.84. The van der Waals surface area contributed by atoms with Crippen LogP contribution in [0.3, 0.4) is 0 Å². The summed E-state index contributed by atoms with van der Waals surface area (Å²) in [7, 11) is 1.37. The predicted molar refractivity (Wildman–Crippen MR) is 92.8 cm³/mol. The van der Waals surface area contributed by atoms with Gasteiger partial charge in [0, 0.05) is 18.3 Å².